The number of nitrogens with two attached hydrogens (primary N) is 1. The first-order valence-electron chi connectivity index (χ1n) is 6.79. The molecule has 2 rings (SSSR count). The molecule has 1 aliphatic rings. The quantitative estimate of drug-likeness (QED) is 0.902. The predicted molar refractivity (Wildman–Crippen MR) is 74.6 cm³/mol. The Morgan fingerprint density at radius 2 is 1.89 bits per heavy atom. The standard InChI is InChI=1S/C15H22N2O2/c1-11-9-19-10-12(2)17(11)15(18)8-14(16)13-6-4-3-5-7-13/h3-7,11-12,14H,8-10,16H2,1-2H3. The molecule has 4 heteroatoms. The van der Waals surface area contributed by atoms with Crippen molar-refractivity contribution in [2.24, 2.45) is 5.73 Å². The molecule has 1 heterocycles. The van der Waals surface area contributed by atoms with E-state index in [-0.39, 0.29) is 24.0 Å². The number of nitrogens with zero attached hydrogens (tertiary/aromatic N) is 1. The van der Waals surface area contributed by atoms with Gasteiger partial charge < -0.3 is 15.4 Å². The van der Waals surface area contributed by atoms with Crippen LogP contribution in [0.1, 0.15) is 31.9 Å². The second-order valence-electron chi connectivity index (χ2n) is 5.26. The zero-order chi connectivity index (χ0) is 13.8. The number of hydrogen-bond donors (Lipinski definition) is 1. The molecule has 0 bridgehead atoms. The van der Waals surface area contributed by atoms with E-state index in [2.05, 4.69) is 0 Å². The summed E-state index contributed by atoms with van der Waals surface area (Å²) in [5.41, 5.74) is 7.12. The van der Waals surface area contributed by atoms with Crippen molar-refractivity contribution in [1.82, 2.24) is 4.90 Å². The second kappa shape index (κ2) is 6.17. The summed E-state index contributed by atoms with van der Waals surface area (Å²) in [4.78, 5) is 14.3. The molecule has 2 N–H and O–H groups in total. The number of ether oxygens (including phenoxy) is 1. The van der Waals surface area contributed by atoms with Crippen LogP contribution >= 0.6 is 0 Å². The SMILES string of the molecule is CC1COCC(C)N1C(=O)CC(N)c1ccccc1. The van der Waals surface area contributed by atoms with Crippen LogP contribution in [0.3, 0.4) is 0 Å². The summed E-state index contributed by atoms with van der Waals surface area (Å²) in [6, 6.07) is 9.77. The summed E-state index contributed by atoms with van der Waals surface area (Å²) in [5.74, 6) is 0.111. The molecular formula is C15H22N2O2. The van der Waals surface area contributed by atoms with Crippen LogP contribution < -0.4 is 5.73 Å². The van der Waals surface area contributed by atoms with Crippen LogP contribution in [-0.4, -0.2) is 36.1 Å². The van der Waals surface area contributed by atoms with Crippen molar-refractivity contribution in [3.63, 3.8) is 0 Å². The molecule has 0 radical (unpaired) electrons. The van der Waals surface area contributed by atoms with Gasteiger partial charge in [-0.05, 0) is 19.4 Å². The first kappa shape index (κ1) is 14.0. The highest BCUT2D eigenvalue weighted by atomic mass is 16.5. The highest BCUT2D eigenvalue weighted by Gasteiger charge is 2.30. The van der Waals surface area contributed by atoms with Crippen LogP contribution in [0.5, 0.6) is 0 Å². The fourth-order valence-electron chi connectivity index (χ4n) is 2.61. The van der Waals surface area contributed by atoms with E-state index in [0.717, 1.165) is 5.56 Å². The van der Waals surface area contributed by atoms with Gasteiger partial charge in [0.05, 0.1) is 25.3 Å². The highest BCUT2D eigenvalue weighted by Crippen LogP contribution is 2.19. The summed E-state index contributed by atoms with van der Waals surface area (Å²) < 4.78 is 5.44. The van der Waals surface area contributed by atoms with Gasteiger partial charge >= 0.3 is 0 Å². The molecule has 1 amide bonds. The molecule has 4 nitrogen and oxygen atoms in total. The predicted octanol–water partition coefficient (Wildman–Crippen LogP) is 1.71. The summed E-state index contributed by atoms with van der Waals surface area (Å²) >= 11 is 0. The van der Waals surface area contributed by atoms with E-state index < -0.39 is 0 Å². The minimum Gasteiger partial charge on any atom is -0.377 e. The number of hydrogen-bond acceptors (Lipinski definition) is 3. The molecular weight excluding hydrogens is 240 g/mol. The number of morpholine rings is 1. The van der Waals surface area contributed by atoms with Crippen molar-refractivity contribution in [3.8, 4) is 0 Å². The zero-order valence-corrected chi connectivity index (χ0v) is 11.6. The maximum Gasteiger partial charge on any atom is 0.225 e. The van der Waals surface area contributed by atoms with Gasteiger partial charge in [0.1, 0.15) is 0 Å². The molecule has 104 valence electrons. The molecule has 1 saturated heterocycles. The average Bonchev–Trinajstić information content (AvgIpc) is 2.39. The maximum absolute atomic E-state index is 12.4. The van der Waals surface area contributed by atoms with Gasteiger partial charge in [-0.1, -0.05) is 30.3 Å². The Morgan fingerprint density at radius 1 is 1.32 bits per heavy atom. The van der Waals surface area contributed by atoms with Crippen molar-refractivity contribution in [3.05, 3.63) is 35.9 Å². The van der Waals surface area contributed by atoms with E-state index in [9.17, 15) is 4.79 Å². The highest BCUT2D eigenvalue weighted by molar-refractivity contribution is 5.77. The smallest absolute Gasteiger partial charge is 0.225 e. The molecule has 3 unspecified atom stereocenters. The molecule has 0 saturated carbocycles. The third-order valence-electron chi connectivity index (χ3n) is 3.58. The van der Waals surface area contributed by atoms with Gasteiger partial charge in [0.25, 0.3) is 0 Å². The van der Waals surface area contributed by atoms with Gasteiger partial charge in [0.15, 0.2) is 0 Å². The minimum atomic E-state index is -0.240. The molecule has 3 atom stereocenters. The molecule has 1 fully saturated rings. The monoisotopic (exact) mass is 262 g/mol. The van der Waals surface area contributed by atoms with Gasteiger partial charge in [0.2, 0.25) is 5.91 Å². The Kier molecular flexibility index (Phi) is 4.56. The molecule has 0 aliphatic carbocycles. The summed E-state index contributed by atoms with van der Waals surface area (Å²) in [6.07, 6.45) is 0.346. The number of rotatable bonds is 3. The van der Waals surface area contributed by atoms with E-state index in [1.807, 2.05) is 49.1 Å². The van der Waals surface area contributed by atoms with Gasteiger partial charge in [-0.15, -0.1) is 0 Å². The van der Waals surface area contributed by atoms with Crippen LogP contribution in [0.4, 0.5) is 0 Å². The van der Waals surface area contributed by atoms with E-state index in [1.165, 1.54) is 0 Å². The molecule has 1 aromatic carbocycles. The number of carbonyl (C=O) groups excluding carboxylic acids is 1. The fraction of sp³-hybridized carbons (Fsp3) is 0.533. The first-order chi connectivity index (χ1) is 9.09. The largest absolute Gasteiger partial charge is 0.377 e. The van der Waals surface area contributed by atoms with E-state index >= 15 is 0 Å². The number of amides is 1. The summed E-state index contributed by atoms with van der Waals surface area (Å²) in [7, 11) is 0. The second-order valence-corrected chi connectivity index (χ2v) is 5.26. The van der Waals surface area contributed by atoms with E-state index in [1.54, 1.807) is 0 Å². The van der Waals surface area contributed by atoms with Crippen molar-refractivity contribution in [1.29, 1.82) is 0 Å². The third-order valence-corrected chi connectivity index (χ3v) is 3.58. The third kappa shape index (κ3) is 3.33. The van der Waals surface area contributed by atoms with Crippen LogP contribution in [0.2, 0.25) is 0 Å². The van der Waals surface area contributed by atoms with Crippen LogP contribution in [0.15, 0.2) is 30.3 Å². The molecule has 19 heavy (non-hydrogen) atoms. The van der Waals surface area contributed by atoms with Crippen molar-refractivity contribution < 1.29 is 9.53 Å². The summed E-state index contributed by atoms with van der Waals surface area (Å²) in [5, 5.41) is 0. The van der Waals surface area contributed by atoms with Crippen molar-refractivity contribution >= 4 is 5.91 Å². The van der Waals surface area contributed by atoms with E-state index in [0.29, 0.717) is 19.6 Å². The lowest BCUT2D eigenvalue weighted by molar-refractivity contribution is -0.144. The van der Waals surface area contributed by atoms with Crippen molar-refractivity contribution in [2.45, 2.75) is 38.4 Å². The molecule has 1 aliphatic heterocycles. The lowest BCUT2D eigenvalue weighted by atomic mass is 10.0. The lowest BCUT2D eigenvalue weighted by Gasteiger charge is -2.39. The Morgan fingerprint density at radius 3 is 2.47 bits per heavy atom. The molecule has 0 spiro atoms. The van der Waals surface area contributed by atoms with Crippen LogP contribution in [0.25, 0.3) is 0 Å². The van der Waals surface area contributed by atoms with Gasteiger partial charge in [-0.25, -0.2) is 0 Å². The minimum absolute atomic E-state index is 0.111. The van der Waals surface area contributed by atoms with Crippen LogP contribution in [-0.2, 0) is 9.53 Å². The van der Waals surface area contributed by atoms with E-state index in [4.69, 9.17) is 10.5 Å². The average molecular weight is 262 g/mol. The normalized spacial score (nSPS) is 25.1. The molecule has 1 aromatic rings. The van der Waals surface area contributed by atoms with Gasteiger partial charge in [-0.2, -0.15) is 0 Å². The van der Waals surface area contributed by atoms with Crippen LogP contribution in [0, 0.1) is 0 Å². The zero-order valence-electron chi connectivity index (χ0n) is 11.6. The molecule has 0 aromatic heterocycles. The number of benzene rings is 1. The lowest BCUT2D eigenvalue weighted by Crippen LogP contribution is -2.52. The fourth-order valence-corrected chi connectivity index (χ4v) is 2.61. The Hall–Kier alpha value is -1.39. The topological polar surface area (TPSA) is 55.6 Å². The Bertz CT molecular complexity index is 411. The van der Waals surface area contributed by atoms with Gasteiger partial charge in [-0.3, -0.25) is 4.79 Å². The first-order valence-corrected chi connectivity index (χ1v) is 6.79. The van der Waals surface area contributed by atoms with Crippen molar-refractivity contribution in [2.75, 3.05) is 13.2 Å². The Labute approximate surface area is 114 Å². The number of carbonyl (C=O) groups is 1. The van der Waals surface area contributed by atoms with Gasteiger partial charge in [0, 0.05) is 12.5 Å². The Balaban J connectivity index is 2.00. The maximum atomic E-state index is 12.4. The summed E-state index contributed by atoms with van der Waals surface area (Å²) in [6.45, 7) is 5.25.